The van der Waals surface area contributed by atoms with Crippen molar-refractivity contribution in [2.45, 2.75) is 32.7 Å². The van der Waals surface area contributed by atoms with Crippen LogP contribution in [0.5, 0.6) is 0 Å². The van der Waals surface area contributed by atoms with Gasteiger partial charge in [-0.25, -0.2) is 0 Å². The Morgan fingerprint density at radius 2 is 1.44 bits per heavy atom. The molecule has 1 fully saturated rings. The Kier molecular flexibility index (Phi) is 6.76. The number of benzene rings is 2. The monoisotopic (exact) mass is 510 g/mol. The smallest absolute Gasteiger partial charge is 0.367 e. The molecule has 0 aliphatic carbocycles. The van der Waals surface area contributed by atoms with Crippen LogP contribution in [0.2, 0.25) is 0 Å². The van der Waals surface area contributed by atoms with Crippen molar-refractivity contribution in [1.82, 2.24) is 14.7 Å². The van der Waals surface area contributed by atoms with Crippen LogP contribution < -0.4 is 4.90 Å². The summed E-state index contributed by atoms with van der Waals surface area (Å²) in [4.78, 5) is 16.3. The average molecular weight is 510 g/mol. The van der Waals surface area contributed by atoms with E-state index in [-0.39, 0.29) is 29.6 Å². The van der Waals surface area contributed by atoms with Crippen LogP contribution in [0.4, 0.5) is 32.0 Å². The Labute approximate surface area is 203 Å². The van der Waals surface area contributed by atoms with E-state index < -0.39 is 23.5 Å². The van der Waals surface area contributed by atoms with Gasteiger partial charge in [0.15, 0.2) is 0 Å². The molecule has 0 unspecified atom stereocenters. The standard InChI is InChI=1S/C25H24F6N4O/c1-16-11-17(2)35(32-16)15-23(36)34-9-7-33(8-10-34)22-6-4-3-5-21(22)18-12-19(24(26,27)28)14-20(13-18)25(29,30)31/h3-6,11-14H,7-10,15H2,1-2H3. The van der Waals surface area contributed by atoms with E-state index in [0.29, 0.717) is 31.9 Å². The zero-order valence-electron chi connectivity index (χ0n) is 19.6. The summed E-state index contributed by atoms with van der Waals surface area (Å²) in [6.07, 6.45) is -9.86. The summed E-state index contributed by atoms with van der Waals surface area (Å²) in [5.41, 5.74) is -0.441. The highest BCUT2D eigenvalue weighted by molar-refractivity contribution is 5.80. The van der Waals surface area contributed by atoms with Crippen LogP contribution in [0.3, 0.4) is 0 Å². The summed E-state index contributed by atoms with van der Waals surface area (Å²) in [5, 5.41) is 4.30. The quantitative estimate of drug-likeness (QED) is 0.432. The average Bonchev–Trinajstić information content (AvgIpc) is 3.14. The van der Waals surface area contributed by atoms with Gasteiger partial charge >= 0.3 is 12.4 Å². The Balaban J connectivity index is 1.57. The van der Waals surface area contributed by atoms with E-state index in [2.05, 4.69) is 5.10 Å². The summed E-state index contributed by atoms with van der Waals surface area (Å²) in [6.45, 7) is 5.29. The van der Waals surface area contributed by atoms with Gasteiger partial charge in [-0.15, -0.1) is 0 Å². The van der Waals surface area contributed by atoms with Gasteiger partial charge in [-0.1, -0.05) is 18.2 Å². The molecule has 0 bridgehead atoms. The van der Waals surface area contributed by atoms with Crippen LogP contribution in [0.25, 0.3) is 11.1 Å². The first-order chi connectivity index (χ1) is 16.8. The number of amides is 1. The van der Waals surface area contributed by atoms with Crippen molar-refractivity contribution in [3.63, 3.8) is 0 Å². The van der Waals surface area contributed by atoms with Gasteiger partial charge in [0.1, 0.15) is 6.54 Å². The lowest BCUT2D eigenvalue weighted by atomic mass is 9.97. The van der Waals surface area contributed by atoms with E-state index in [4.69, 9.17) is 0 Å². The number of aryl methyl sites for hydroxylation is 2. The number of hydrogen-bond acceptors (Lipinski definition) is 3. The highest BCUT2D eigenvalue weighted by Gasteiger charge is 2.37. The van der Waals surface area contributed by atoms with Crippen molar-refractivity contribution >= 4 is 11.6 Å². The van der Waals surface area contributed by atoms with Gasteiger partial charge in [-0.3, -0.25) is 9.48 Å². The summed E-state index contributed by atoms with van der Waals surface area (Å²) in [6, 6.07) is 9.89. The normalized spacial score (nSPS) is 14.9. The third-order valence-corrected chi connectivity index (χ3v) is 6.16. The van der Waals surface area contributed by atoms with Gasteiger partial charge < -0.3 is 9.80 Å². The number of para-hydroxylation sites is 1. The maximum Gasteiger partial charge on any atom is 0.416 e. The summed E-state index contributed by atoms with van der Waals surface area (Å²) >= 11 is 0. The topological polar surface area (TPSA) is 41.4 Å². The third kappa shape index (κ3) is 5.50. The van der Waals surface area contributed by atoms with Crippen molar-refractivity contribution in [2.24, 2.45) is 0 Å². The van der Waals surface area contributed by atoms with Crippen LogP contribution in [-0.2, 0) is 23.7 Å². The van der Waals surface area contributed by atoms with E-state index in [0.717, 1.165) is 23.5 Å². The van der Waals surface area contributed by atoms with Crippen LogP contribution >= 0.6 is 0 Å². The number of rotatable bonds is 4. The number of anilines is 1. The van der Waals surface area contributed by atoms with Gasteiger partial charge in [0, 0.05) is 43.1 Å². The van der Waals surface area contributed by atoms with Crippen molar-refractivity contribution in [3.8, 4) is 11.1 Å². The van der Waals surface area contributed by atoms with E-state index >= 15 is 0 Å². The minimum atomic E-state index is -4.93. The number of halogens is 6. The highest BCUT2D eigenvalue weighted by Crippen LogP contribution is 2.40. The molecule has 36 heavy (non-hydrogen) atoms. The molecule has 1 aromatic heterocycles. The summed E-state index contributed by atoms with van der Waals surface area (Å²) < 4.78 is 82.0. The Bertz CT molecular complexity index is 1220. The van der Waals surface area contributed by atoms with Gasteiger partial charge in [-0.2, -0.15) is 31.4 Å². The number of carbonyl (C=O) groups excluding carboxylic acids is 1. The number of hydrogen-bond donors (Lipinski definition) is 0. The fraction of sp³-hybridized carbons (Fsp3) is 0.360. The lowest BCUT2D eigenvalue weighted by Crippen LogP contribution is -2.49. The molecule has 5 nitrogen and oxygen atoms in total. The molecule has 1 aliphatic rings. The van der Waals surface area contributed by atoms with Crippen LogP contribution in [0.1, 0.15) is 22.5 Å². The van der Waals surface area contributed by atoms with Crippen LogP contribution in [0, 0.1) is 13.8 Å². The SMILES string of the molecule is Cc1cc(C)n(CC(=O)N2CCN(c3ccccc3-c3cc(C(F)(F)F)cc(C(F)(F)F)c3)CC2)n1. The van der Waals surface area contributed by atoms with Crippen molar-refractivity contribution in [3.05, 3.63) is 71.0 Å². The minimum absolute atomic E-state index is 0.0979. The van der Waals surface area contributed by atoms with E-state index in [1.807, 2.05) is 24.8 Å². The van der Waals surface area contributed by atoms with Gasteiger partial charge in [0.25, 0.3) is 0 Å². The maximum atomic E-state index is 13.4. The number of piperazine rings is 1. The van der Waals surface area contributed by atoms with Crippen molar-refractivity contribution in [1.29, 1.82) is 0 Å². The highest BCUT2D eigenvalue weighted by atomic mass is 19.4. The molecule has 0 radical (unpaired) electrons. The molecule has 1 aliphatic heterocycles. The molecule has 2 heterocycles. The molecule has 4 rings (SSSR count). The van der Waals surface area contributed by atoms with E-state index in [1.54, 1.807) is 27.8 Å². The molecule has 11 heteroatoms. The predicted octanol–water partition coefficient (Wildman–Crippen LogP) is 5.55. The number of aromatic nitrogens is 2. The third-order valence-electron chi connectivity index (χ3n) is 6.16. The first kappa shape index (κ1) is 25.6. The second-order valence-corrected chi connectivity index (χ2v) is 8.76. The Morgan fingerprint density at radius 3 is 1.97 bits per heavy atom. The van der Waals surface area contributed by atoms with E-state index in [1.165, 1.54) is 6.07 Å². The molecule has 0 saturated carbocycles. The van der Waals surface area contributed by atoms with Gasteiger partial charge in [0.2, 0.25) is 5.91 Å². The number of carbonyl (C=O) groups is 1. The van der Waals surface area contributed by atoms with Crippen molar-refractivity contribution in [2.75, 3.05) is 31.1 Å². The molecule has 192 valence electrons. The van der Waals surface area contributed by atoms with E-state index in [9.17, 15) is 31.1 Å². The first-order valence-electron chi connectivity index (χ1n) is 11.3. The second kappa shape index (κ2) is 9.51. The lowest BCUT2D eigenvalue weighted by Gasteiger charge is -2.37. The molecule has 2 aromatic carbocycles. The Hall–Kier alpha value is -3.50. The summed E-state index contributed by atoms with van der Waals surface area (Å²) in [5.74, 6) is -0.109. The summed E-state index contributed by atoms with van der Waals surface area (Å²) in [7, 11) is 0. The number of alkyl halides is 6. The Morgan fingerprint density at radius 1 is 0.861 bits per heavy atom. The zero-order valence-corrected chi connectivity index (χ0v) is 19.6. The maximum absolute atomic E-state index is 13.4. The molecule has 1 amide bonds. The van der Waals surface area contributed by atoms with Crippen LogP contribution in [0.15, 0.2) is 48.5 Å². The van der Waals surface area contributed by atoms with Crippen LogP contribution in [-0.4, -0.2) is 46.8 Å². The molecular formula is C25H24F6N4O. The molecule has 0 spiro atoms. The zero-order chi connectivity index (χ0) is 26.3. The molecular weight excluding hydrogens is 486 g/mol. The predicted molar refractivity (Wildman–Crippen MR) is 122 cm³/mol. The van der Waals surface area contributed by atoms with Gasteiger partial charge in [-0.05, 0) is 49.7 Å². The minimum Gasteiger partial charge on any atom is -0.367 e. The fourth-order valence-corrected chi connectivity index (χ4v) is 4.36. The lowest BCUT2D eigenvalue weighted by molar-refractivity contribution is -0.143. The first-order valence-corrected chi connectivity index (χ1v) is 11.3. The molecule has 0 N–H and O–H groups in total. The molecule has 1 saturated heterocycles. The van der Waals surface area contributed by atoms with Crippen molar-refractivity contribution < 1.29 is 31.1 Å². The largest absolute Gasteiger partial charge is 0.416 e. The van der Waals surface area contributed by atoms with Gasteiger partial charge in [0.05, 0.1) is 16.8 Å². The second-order valence-electron chi connectivity index (χ2n) is 8.76. The number of nitrogens with zero attached hydrogens (tertiary/aromatic N) is 4. The molecule has 3 aromatic rings. The fourth-order valence-electron chi connectivity index (χ4n) is 4.36. The molecule has 0 atom stereocenters.